The summed E-state index contributed by atoms with van der Waals surface area (Å²) in [5, 5.41) is 9.31. The predicted octanol–water partition coefficient (Wildman–Crippen LogP) is 1.63. The van der Waals surface area contributed by atoms with E-state index in [9.17, 15) is 9.90 Å². The van der Waals surface area contributed by atoms with Crippen molar-refractivity contribution in [3.05, 3.63) is 0 Å². The van der Waals surface area contributed by atoms with Gasteiger partial charge in [0.2, 0.25) is 0 Å². The SMILES string of the molecule is CCCCC[C@H]1C[C@@H](O)CC(=O)O1. The van der Waals surface area contributed by atoms with Gasteiger partial charge in [0.15, 0.2) is 0 Å². The van der Waals surface area contributed by atoms with Crippen LogP contribution in [0.25, 0.3) is 0 Å². The number of hydrogen-bond donors (Lipinski definition) is 1. The quantitative estimate of drug-likeness (QED) is 0.536. The van der Waals surface area contributed by atoms with Gasteiger partial charge in [-0.15, -0.1) is 0 Å². The van der Waals surface area contributed by atoms with Crippen molar-refractivity contribution in [3.63, 3.8) is 0 Å². The molecular weight excluding hydrogens is 168 g/mol. The van der Waals surface area contributed by atoms with Gasteiger partial charge in [0.1, 0.15) is 6.10 Å². The smallest absolute Gasteiger partial charge is 0.308 e. The molecule has 0 spiro atoms. The van der Waals surface area contributed by atoms with E-state index < -0.39 is 6.10 Å². The first kappa shape index (κ1) is 10.5. The van der Waals surface area contributed by atoms with Crippen LogP contribution < -0.4 is 0 Å². The van der Waals surface area contributed by atoms with Gasteiger partial charge in [0.05, 0.1) is 12.5 Å². The van der Waals surface area contributed by atoms with Crippen LogP contribution in [0.3, 0.4) is 0 Å². The fourth-order valence-electron chi connectivity index (χ4n) is 1.66. The zero-order valence-corrected chi connectivity index (χ0v) is 8.16. The molecule has 3 nitrogen and oxygen atoms in total. The van der Waals surface area contributed by atoms with Crippen LogP contribution in [0.15, 0.2) is 0 Å². The Hall–Kier alpha value is -0.570. The van der Waals surface area contributed by atoms with Crippen LogP contribution in [-0.2, 0) is 9.53 Å². The first-order valence-electron chi connectivity index (χ1n) is 5.10. The minimum absolute atomic E-state index is 0.0391. The molecule has 0 aromatic rings. The van der Waals surface area contributed by atoms with E-state index in [0.29, 0.717) is 6.42 Å². The van der Waals surface area contributed by atoms with Gasteiger partial charge in [-0.3, -0.25) is 4.79 Å². The van der Waals surface area contributed by atoms with Crippen molar-refractivity contribution in [2.75, 3.05) is 0 Å². The number of esters is 1. The maximum atomic E-state index is 10.9. The summed E-state index contributed by atoms with van der Waals surface area (Å²) in [6.45, 7) is 2.14. The Bertz CT molecular complexity index is 168. The first-order chi connectivity index (χ1) is 6.22. The third kappa shape index (κ3) is 3.77. The van der Waals surface area contributed by atoms with Gasteiger partial charge in [0.25, 0.3) is 0 Å². The molecular formula is C10H18O3. The summed E-state index contributed by atoms with van der Waals surface area (Å²) >= 11 is 0. The second kappa shape index (κ2) is 5.22. The second-order valence-electron chi connectivity index (χ2n) is 3.70. The van der Waals surface area contributed by atoms with Crippen molar-refractivity contribution in [2.24, 2.45) is 0 Å². The minimum Gasteiger partial charge on any atom is -0.462 e. The molecule has 3 heteroatoms. The summed E-state index contributed by atoms with van der Waals surface area (Å²) in [6, 6.07) is 0. The molecule has 0 aromatic heterocycles. The number of hydrogen-bond acceptors (Lipinski definition) is 3. The number of cyclic esters (lactones) is 1. The Morgan fingerprint density at radius 3 is 2.92 bits per heavy atom. The largest absolute Gasteiger partial charge is 0.462 e. The molecule has 13 heavy (non-hydrogen) atoms. The van der Waals surface area contributed by atoms with Gasteiger partial charge in [0, 0.05) is 6.42 Å². The molecule has 1 N–H and O–H groups in total. The molecule has 76 valence electrons. The molecule has 0 aromatic carbocycles. The Morgan fingerprint density at radius 1 is 1.54 bits per heavy atom. The Labute approximate surface area is 79.1 Å². The Balaban J connectivity index is 2.21. The molecule has 1 fully saturated rings. The second-order valence-corrected chi connectivity index (χ2v) is 3.70. The van der Waals surface area contributed by atoms with Crippen LogP contribution in [0.1, 0.15) is 45.4 Å². The third-order valence-electron chi connectivity index (χ3n) is 2.37. The summed E-state index contributed by atoms with van der Waals surface area (Å²) in [6.07, 6.45) is 4.60. The normalized spacial score (nSPS) is 28.6. The summed E-state index contributed by atoms with van der Waals surface area (Å²) in [5.74, 6) is -0.250. The van der Waals surface area contributed by atoms with Crippen LogP contribution in [-0.4, -0.2) is 23.3 Å². The van der Waals surface area contributed by atoms with Gasteiger partial charge in [-0.1, -0.05) is 19.8 Å². The van der Waals surface area contributed by atoms with Crippen LogP contribution in [0.2, 0.25) is 0 Å². The van der Waals surface area contributed by atoms with E-state index in [2.05, 4.69) is 6.92 Å². The van der Waals surface area contributed by atoms with Gasteiger partial charge in [-0.25, -0.2) is 0 Å². The zero-order chi connectivity index (χ0) is 9.68. The van der Waals surface area contributed by atoms with Crippen LogP contribution >= 0.6 is 0 Å². The van der Waals surface area contributed by atoms with Crippen molar-refractivity contribution in [2.45, 2.75) is 57.7 Å². The highest BCUT2D eigenvalue weighted by Crippen LogP contribution is 2.19. The lowest BCUT2D eigenvalue weighted by Crippen LogP contribution is -2.32. The van der Waals surface area contributed by atoms with E-state index in [-0.39, 0.29) is 18.5 Å². The van der Waals surface area contributed by atoms with Gasteiger partial charge in [-0.05, 0) is 12.8 Å². The standard InChI is InChI=1S/C10H18O3/c1-2-3-4-5-9-6-8(11)7-10(12)13-9/h8-9,11H,2-7H2,1H3/t8-,9+/m1/s1. The molecule has 0 radical (unpaired) electrons. The molecule has 0 bridgehead atoms. The number of carbonyl (C=O) groups excluding carboxylic acids is 1. The van der Waals surface area contributed by atoms with E-state index >= 15 is 0 Å². The average molecular weight is 186 g/mol. The summed E-state index contributed by atoms with van der Waals surface area (Å²) in [5.41, 5.74) is 0. The molecule has 0 unspecified atom stereocenters. The molecule has 1 heterocycles. The molecule has 2 atom stereocenters. The lowest BCUT2D eigenvalue weighted by atomic mass is 10.0. The molecule has 1 saturated heterocycles. The number of aliphatic hydroxyl groups is 1. The Morgan fingerprint density at radius 2 is 2.31 bits per heavy atom. The van der Waals surface area contributed by atoms with Crippen LogP contribution in [0, 0.1) is 0 Å². The lowest BCUT2D eigenvalue weighted by molar-refractivity contribution is -0.160. The number of ether oxygens (including phenoxy) is 1. The average Bonchev–Trinajstić information content (AvgIpc) is 2.03. The molecule has 1 aliphatic heterocycles. The van der Waals surface area contributed by atoms with Crippen LogP contribution in [0.5, 0.6) is 0 Å². The lowest BCUT2D eigenvalue weighted by Gasteiger charge is -2.25. The van der Waals surface area contributed by atoms with Crippen molar-refractivity contribution < 1.29 is 14.6 Å². The molecule has 1 aliphatic rings. The highest BCUT2D eigenvalue weighted by molar-refractivity contribution is 5.70. The van der Waals surface area contributed by atoms with E-state index in [4.69, 9.17) is 4.74 Å². The third-order valence-corrected chi connectivity index (χ3v) is 2.37. The highest BCUT2D eigenvalue weighted by atomic mass is 16.5. The van der Waals surface area contributed by atoms with Crippen LogP contribution in [0.4, 0.5) is 0 Å². The van der Waals surface area contributed by atoms with Gasteiger partial charge in [-0.2, -0.15) is 0 Å². The number of aliphatic hydroxyl groups excluding tert-OH is 1. The van der Waals surface area contributed by atoms with Gasteiger partial charge >= 0.3 is 5.97 Å². The van der Waals surface area contributed by atoms with E-state index in [1.807, 2.05) is 0 Å². The fraction of sp³-hybridized carbons (Fsp3) is 0.900. The topological polar surface area (TPSA) is 46.5 Å². The molecule has 1 rings (SSSR count). The molecule has 0 saturated carbocycles. The summed E-state index contributed by atoms with van der Waals surface area (Å²) in [7, 11) is 0. The fourth-order valence-corrected chi connectivity index (χ4v) is 1.66. The monoisotopic (exact) mass is 186 g/mol. The summed E-state index contributed by atoms with van der Waals surface area (Å²) < 4.78 is 5.10. The van der Waals surface area contributed by atoms with E-state index in [1.165, 1.54) is 12.8 Å². The zero-order valence-electron chi connectivity index (χ0n) is 8.16. The van der Waals surface area contributed by atoms with E-state index in [0.717, 1.165) is 12.8 Å². The number of unbranched alkanes of at least 4 members (excludes halogenated alkanes) is 2. The van der Waals surface area contributed by atoms with Crippen molar-refractivity contribution in [3.8, 4) is 0 Å². The molecule has 0 aliphatic carbocycles. The minimum atomic E-state index is -0.479. The van der Waals surface area contributed by atoms with Crippen molar-refractivity contribution in [1.82, 2.24) is 0 Å². The predicted molar refractivity (Wildman–Crippen MR) is 49.3 cm³/mol. The van der Waals surface area contributed by atoms with Crippen molar-refractivity contribution >= 4 is 5.97 Å². The number of rotatable bonds is 4. The highest BCUT2D eigenvalue weighted by Gasteiger charge is 2.26. The maximum Gasteiger partial charge on any atom is 0.308 e. The van der Waals surface area contributed by atoms with E-state index in [1.54, 1.807) is 0 Å². The number of carbonyl (C=O) groups is 1. The molecule has 0 amide bonds. The van der Waals surface area contributed by atoms with Gasteiger partial charge < -0.3 is 9.84 Å². The Kier molecular flexibility index (Phi) is 4.22. The first-order valence-corrected chi connectivity index (χ1v) is 5.10. The summed E-state index contributed by atoms with van der Waals surface area (Å²) in [4.78, 5) is 10.9. The maximum absolute atomic E-state index is 10.9. The van der Waals surface area contributed by atoms with Crippen molar-refractivity contribution in [1.29, 1.82) is 0 Å².